The van der Waals surface area contributed by atoms with E-state index >= 15 is 0 Å². The predicted octanol–water partition coefficient (Wildman–Crippen LogP) is 2.12. The number of hydrogen-bond acceptors (Lipinski definition) is 3. The fourth-order valence-electron chi connectivity index (χ4n) is 1.99. The highest BCUT2D eigenvalue weighted by Gasteiger charge is 2.19. The van der Waals surface area contributed by atoms with Crippen LogP contribution in [-0.4, -0.2) is 26.2 Å². The number of halogens is 1. The number of nitrogens with one attached hydrogen (secondary N) is 1. The summed E-state index contributed by atoms with van der Waals surface area (Å²) >= 11 is 3.42. The van der Waals surface area contributed by atoms with Crippen LogP contribution in [0.15, 0.2) is 22.7 Å². The molecule has 4 heteroatoms. The second kappa shape index (κ2) is 4.86. The molecule has 0 amide bonds. The van der Waals surface area contributed by atoms with Gasteiger partial charge < -0.3 is 10.2 Å². The predicted molar refractivity (Wildman–Crippen MR) is 68.5 cm³/mol. The van der Waals surface area contributed by atoms with Gasteiger partial charge in [-0.15, -0.1) is 0 Å². The van der Waals surface area contributed by atoms with Gasteiger partial charge in [-0.3, -0.25) is 0 Å². The van der Waals surface area contributed by atoms with Gasteiger partial charge in [-0.2, -0.15) is 5.26 Å². The SMILES string of the molecule is CN(c1ccc(C#N)c(Br)c1)C1CCNC1. The van der Waals surface area contributed by atoms with Crippen LogP contribution in [0.2, 0.25) is 0 Å². The van der Waals surface area contributed by atoms with E-state index in [1.54, 1.807) is 0 Å². The molecule has 1 aromatic carbocycles. The van der Waals surface area contributed by atoms with Gasteiger partial charge in [0, 0.05) is 29.8 Å². The van der Waals surface area contributed by atoms with E-state index < -0.39 is 0 Å². The van der Waals surface area contributed by atoms with E-state index in [0.717, 1.165) is 23.2 Å². The van der Waals surface area contributed by atoms with Gasteiger partial charge in [-0.1, -0.05) is 0 Å². The van der Waals surface area contributed by atoms with E-state index in [1.165, 1.54) is 6.42 Å². The van der Waals surface area contributed by atoms with Gasteiger partial charge in [-0.25, -0.2) is 0 Å². The Labute approximate surface area is 104 Å². The molecule has 3 nitrogen and oxygen atoms in total. The number of anilines is 1. The normalized spacial score (nSPS) is 19.4. The maximum absolute atomic E-state index is 8.86. The molecule has 0 bridgehead atoms. The third-order valence-corrected chi connectivity index (χ3v) is 3.72. The monoisotopic (exact) mass is 279 g/mol. The summed E-state index contributed by atoms with van der Waals surface area (Å²) in [6, 6.07) is 8.58. The first-order valence-electron chi connectivity index (χ1n) is 5.35. The summed E-state index contributed by atoms with van der Waals surface area (Å²) in [6.45, 7) is 2.13. The summed E-state index contributed by atoms with van der Waals surface area (Å²) in [5.74, 6) is 0. The number of likely N-dealkylation sites (N-methyl/N-ethyl adjacent to an activating group) is 1. The summed E-state index contributed by atoms with van der Waals surface area (Å²) in [5, 5.41) is 12.2. The molecule has 1 unspecified atom stereocenters. The molecule has 1 atom stereocenters. The van der Waals surface area contributed by atoms with Crippen LogP contribution < -0.4 is 10.2 Å². The van der Waals surface area contributed by atoms with Gasteiger partial charge in [0.25, 0.3) is 0 Å². The van der Waals surface area contributed by atoms with Crippen molar-refractivity contribution in [3.63, 3.8) is 0 Å². The summed E-state index contributed by atoms with van der Waals surface area (Å²) in [4.78, 5) is 2.27. The fourth-order valence-corrected chi connectivity index (χ4v) is 2.45. The van der Waals surface area contributed by atoms with Crippen molar-refractivity contribution in [2.45, 2.75) is 12.5 Å². The largest absolute Gasteiger partial charge is 0.370 e. The van der Waals surface area contributed by atoms with E-state index in [1.807, 2.05) is 18.2 Å². The van der Waals surface area contributed by atoms with Crippen LogP contribution in [0.5, 0.6) is 0 Å². The standard InChI is InChI=1S/C12H14BrN3/c1-16(11-4-5-15-8-11)10-3-2-9(7-14)12(13)6-10/h2-3,6,11,15H,4-5,8H2,1H3. The number of benzene rings is 1. The van der Waals surface area contributed by atoms with E-state index in [4.69, 9.17) is 5.26 Å². The Bertz CT molecular complexity index is 419. The second-order valence-electron chi connectivity index (χ2n) is 4.03. The first-order chi connectivity index (χ1) is 7.72. The molecule has 16 heavy (non-hydrogen) atoms. The van der Waals surface area contributed by atoms with E-state index in [9.17, 15) is 0 Å². The average Bonchev–Trinajstić information content (AvgIpc) is 2.81. The lowest BCUT2D eigenvalue weighted by Crippen LogP contribution is -2.33. The molecule has 1 aromatic rings. The van der Waals surface area contributed by atoms with Crippen LogP contribution in [-0.2, 0) is 0 Å². The number of hydrogen-bond donors (Lipinski definition) is 1. The van der Waals surface area contributed by atoms with Gasteiger partial charge in [-0.05, 0) is 47.1 Å². The molecule has 0 aromatic heterocycles. The molecule has 1 fully saturated rings. The summed E-state index contributed by atoms with van der Waals surface area (Å²) in [5.41, 5.74) is 1.83. The van der Waals surface area contributed by atoms with E-state index in [0.29, 0.717) is 11.6 Å². The van der Waals surface area contributed by atoms with Crippen molar-refractivity contribution in [3.8, 4) is 6.07 Å². The lowest BCUT2D eigenvalue weighted by molar-refractivity contribution is 0.685. The van der Waals surface area contributed by atoms with Crippen molar-refractivity contribution >= 4 is 21.6 Å². The van der Waals surface area contributed by atoms with Crippen LogP contribution in [0.4, 0.5) is 5.69 Å². The van der Waals surface area contributed by atoms with E-state index in [-0.39, 0.29) is 0 Å². The molecule has 84 valence electrons. The topological polar surface area (TPSA) is 39.1 Å². The highest BCUT2D eigenvalue weighted by molar-refractivity contribution is 9.10. The van der Waals surface area contributed by atoms with Crippen molar-refractivity contribution in [2.75, 3.05) is 25.0 Å². The van der Waals surface area contributed by atoms with Crippen LogP contribution >= 0.6 is 15.9 Å². The first kappa shape index (κ1) is 11.4. The van der Waals surface area contributed by atoms with Crippen molar-refractivity contribution in [1.29, 1.82) is 5.26 Å². The minimum Gasteiger partial charge on any atom is -0.370 e. The van der Waals surface area contributed by atoms with Crippen molar-refractivity contribution in [1.82, 2.24) is 5.32 Å². The van der Waals surface area contributed by atoms with Crippen LogP contribution in [0.25, 0.3) is 0 Å². The third-order valence-electron chi connectivity index (χ3n) is 3.06. The molecule has 1 saturated heterocycles. The number of nitrogens with zero attached hydrogens (tertiary/aromatic N) is 2. The average molecular weight is 280 g/mol. The summed E-state index contributed by atoms with van der Waals surface area (Å²) in [7, 11) is 2.10. The van der Waals surface area contributed by atoms with Crippen molar-refractivity contribution in [2.24, 2.45) is 0 Å². The zero-order chi connectivity index (χ0) is 11.5. The Morgan fingerprint density at radius 1 is 1.56 bits per heavy atom. The zero-order valence-corrected chi connectivity index (χ0v) is 10.8. The molecule has 1 aliphatic heterocycles. The minimum atomic E-state index is 0.555. The quantitative estimate of drug-likeness (QED) is 0.902. The molecule has 0 aliphatic carbocycles. The van der Waals surface area contributed by atoms with Gasteiger partial charge in [0.15, 0.2) is 0 Å². The minimum absolute atomic E-state index is 0.555. The highest BCUT2D eigenvalue weighted by atomic mass is 79.9. The fraction of sp³-hybridized carbons (Fsp3) is 0.417. The first-order valence-corrected chi connectivity index (χ1v) is 6.15. The Balaban J connectivity index is 2.20. The van der Waals surface area contributed by atoms with E-state index in [2.05, 4.69) is 39.3 Å². The Hall–Kier alpha value is -1.05. The Morgan fingerprint density at radius 2 is 2.38 bits per heavy atom. The van der Waals surface area contributed by atoms with Gasteiger partial charge >= 0.3 is 0 Å². The van der Waals surface area contributed by atoms with Crippen molar-refractivity contribution < 1.29 is 0 Å². The maximum Gasteiger partial charge on any atom is 0.100 e. The molecular weight excluding hydrogens is 266 g/mol. The molecular formula is C12H14BrN3. The molecule has 1 heterocycles. The molecule has 0 spiro atoms. The third kappa shape index (κ3) is 2.21. The van der Waals surface area contributed by atoms with Crippen LogP contribution in [0.3, 0.4) is 0 Å². The zero-order valence-electron chi connectivity index (χ0n) is 9.20. The lowest BCUT2D eigenvalue weighted by atomic mass is 10.1. The molecule has 0 radical (unpaired) electrons. The smallest absolute Gasteiger partial charge is 0.100 e. The molecule has 0 saturated carbocycles. The van der Waals surface area contributed by atoms with Gasteiger partial charge in [0.05, 0.1) is 5.56 Å². The lowest BCUT2D eigenvalue weighted by Gasteiger charge is -2.26. The molecule has 1 N–H and O–H groups in total. The van der Waals surface area contributed by atoms with Gasteiger partial charge in [0.2, 0.25) is 0 Å². The molecule has 1 aliphatic rings. The maximum atomic E-state index is 8.86. The second-order valence-corrected chi connectivity index (χ2v) is 4.89. The Morgan fingerprint density at radius 3 is 2.94 bits per heavy atom. The summed E-state index contributed by atoms with van der Waals surface area (Å²) < 4.78 is 0.866. The molecule has 2 rings (SSSR count). The summed E-state index contributed by atoms with van der Waals surface area (Å²) in [6.07, 6.45) is 1.17. The van der Waals surface area contributed by atoms with Crippen molar-refractivity contribution in [3.05, 3.63) is 28.2 Å². The number of nitriles is 1. The number of rotatable bonds is 2. The van der Waals surface area contributed by atoms with Crippen LogP contribution in [0, 0.1) is 11.3 Å². The van der Waals surface area contributed by atoms with Gasteiger partial charge in [0.1, 0.15) is 6.07 Å². The van der Waals surface area contributed by atoms with Crippen LogP contribution in [0.1, 0.15) is 12.0 Å². The Kier molecular flexibility index (Phi) is 3.47. The highest BCUT2D eigenvalue weighted by Crippen LogP contribution is 2.25.